The van der Waals surface area contributed by atoms with Crippen molar-refractivity contribution in [3.05, 3.63) is 23.4 Å². The van der Waals surface area contributed by atoms with Crippen molar-refractivity contribution < 1.29 is 17.9 Å². The second-order valence-corrected chi connectivity index (χ2v) is 4.68. The number of hydrogen-bond acceptors (Lipinski definition) is 2. The average Bonchev–Trinajstić information content (AvgIpc) is 2.62. The number of halogens is 3. The van der Waals surface area contributed by atoms with E-state index in [-0.39, 0.29) is 17.9 Å². The molecule has 5 heteroatoms. The Hall–Kier alpha value is -1.26. The van der Waals surface area contributed by atoms with Crippen LogP contribution < -0.4 is 4.74 Å². The van der Waals surface area contributed by atoms with Crippen molar-refractivity contribution in [1.29, 1.82) is 0 Å². The molecule has 1 aliphatic rings. The van der Waals surface area contributed by atoms with Gasteiger partial charge in [-0.25, -0.2) is 4.98 Å². The van der Waals surface area contributed by atoms with Crippen LogP contribution in [0.15, 0.2) is 12.1 Å². The maximum absolute atomic E-state index is 12.5. The number of alkyl halides is 3. The Bertz CT molecular complexity index is 431. The van der Waals surface area contributed by atoms with Crippen molar-refractivity contribution in [1.82, 2.24) is 4.98 Å². The maximum Gasteiger partial charge on any atom is 0.433 e. The highest BCUT2D eigenvalue weighted by molar-refractivity contribution is 5.36. The van der Waals surface area contributed by atoms with E-state index in [1.54, 1.807) is 0 Å². The first-order valence-electron chi connectivity index (χ1n) is 6.18. The fourth-order valence-electron chi connectivity index (χ4n) is 2.21. The molecule has 0 unspecified atom stereocenters. The Morgan fingerprint density at radius 1 is 1.33 bits per heavy atom. The summed E-state index contributed by atoms with van der Waals surface area (Å²) in [5.74, 6) is 0.264. The molecule has 0 amide bonds. The van der Waals surface area contributed by atoms with Crippen molar-refractivity contribution in [2.24, 2.45) is 0 Å². The van der Waals surface area contributed by atoms with Crippen LogP contribution in [0.1, 0.15) is 50.3 Å². The van der Waals surface area contributed by atoms with E-state index < -0.39 is 11.9 Å². The molecule has 0 saturated heterocycles. The van der Waals surface area contributed by atoms with Crippen molar-refractivity contribution in [3.63, 3.8) is 0 Å². The second kappa shape index (κ2) is 4.78. The summed E-state index contributed by atoms with van der Waals surface area (Å²) in [7, 11) is 0. The summed E-state index contributed by atoms with van der Waals surface area (Å²) in [6.07, 6.45) is -1.55. The lowest BCUT2D eigenvalue weighted by atomic mass is 9.95. The lowest BCUT2D eigenvalue weighted by molar-refractivity contribution is -0.141. The third-order valence-electron chi connectivity index (χ3n) is 3.33. The Kier molecular flexibility index (Phi) is 3.50. The van der Waals surface area contributed by atoms with E-state index >= 15 is 0 Å². The number of rotatable bonds is 3. The van der Waals surface area contributed by atoms with Crippen molar-refractivity contribution in [2.45, 2.75) is 51.3 Å². The van der Waals surface area contributed by atoms with Gasteiger partial charge in [0.1, 0.15) is 11.8 Å². The fourth-order valence-corrected chi connectivity index (χ4v) is 2.21. The smallest absolute Gasteiger partial charge is 0.433 e. The first kappa shape index (κ1) is 13.2. The number of hydrogen-bond donors (Lipinski definition) is 0. The number of aromatic nitrogens is 1. The molecule has 0 spiro atoms. The Balaban J connectivity index is 2.21. The van der Waals surface area contributed by atoms with E-state index in [2.05, 4.69) is 11.9 Å². The van der Waals surface area contributed by atoms with Gasteiger partial charge in [0.25, 0.3) is 0 Å². The predicted octanol–water partition coefficient (Wildman–Crippen LogP) is 4.16. The SMILES string of the molecule is CCCC[C@@H]1Oc2nc(C(F)(F)F)ccc2[C@@H]1C. The highest BCUT2D eigenvalue weighted by Crippen LogP contribution is 2.40. The van der Waals surface area contributed by atoms with Gasteiger partial charge in [-0.3, -0.25) is 0 Å². The zero-order valence-corrected chi connectivity index (χ0v) is 10.4. The zero-order chi connectivity index (χ0) is 13.3. The average molecular weight is 259 g/mol. The second-order valence-electron chi connectivity index (χ2n) is 4.68. The molecule has 1 aliphatic heterocycles. The van der Waals surface area contributed by atoms with Gasteiger partial charge in [0.15, 0.2) is 0 Å². The van der Waals surface area contributed by atoms with E-state index in [0.717, 1.165) is 30.9 Å². The molecule has 0 aromatic carbocycles. The van der Waals surface area contributed by atoms with Gasteiger partial charge in [0.2, 0.25) is 5.88 Å². The monoisotopic (exact) mass is 259 g/mol. The van der Waals surface area contributed by atoms with E-state index in [4.69, 9.17) is 4.74 Å². The number of nitrogens with zero attached hydrogens (tertiary/aromatic N) is 1. The van der Waals surface area contributed by atoms with E-state index in [1.165, 1.54) is 6.07 Å². The molecular weight excluding hydrogens is 243 g/mol. The largest absolute Gasteiger partial charge is 0.473 e. The molecule has 18 heavy (non-hydrogen) atoms. The topological polar surface area (TPSA) is 22.1 Å². The number of pyridine rings is 1. The van der Waals surface area contributed by atoms with Gasteiger partial charge in [0.05, 0.1) is 0 Å². The summed E-state index contributed by atoms with van der Waals surface area (Å²) in [6.45, 7) is 4.05. The molecule has 0 aliphatic carbocycles. The van der Waals surface area contributed by atoms with Gasteiger partial charge in [-0.1, -0.05) is 32.8 Å². The van der Waals surface area contributed by atoms with Crippen LogP contribution in [0, 0.1) is 0 Å². The van der Waals surface area contributed by atoms with Gasteiger partial charge in [-0.15, -0.1) is 0 Å². The van der Waals surface area contributed by atoms with Crippen LogP contribution in [0.3, 0.4) is 0 Å². The molecular formula is C13H16F3NO. The molecule has 100 valence electrons. The van der Waals surface area contributed by atoms with E-state index in [9.17, 15) is 13.2 Å². The summed E-state index contributed by atoms with van der Waals surface area (Å²) in [4.78, 5) is 3.59. The normalized spacial score (nSPS) is 22.7. The lowest BCUT2D eigenvalue weighted by Crippen LogP contribution is -2.16. The molecule has 0 radical (unpaired) electrons. The van der Waals surface area contributed by atoms with Crippen LogP contribution in [0.5, 0.6) is 5.88 Å². The molecule has 0 N–H and O–H groups in total. The number of fused-ring (bicyclic) bond motifs is 1. The lowest BCUT2D eigenvalue weighted by Gasteiger charge is -2.13. The minimum Gasteiger partial charge on any atom is -0.473 e. The molecule has 0 fully saturated rings. The molecule has 2 atom stereocenters. The molecule has 1 aromatic heterocycles. The van der Waals surface area contributed by atoms with E-state index in [0.29, 0.717) is 0 Å². The van der Waals surface area contributed by atoms with Crippen LogP contribution in [-0.4, -0.2) is 11.1 Å². The predicted molar refractivity (Wildman–Crippen MR) is 61.6 cm³/mol. The zero-order valence-electron chi connectivity index (χ0n) is 10.4. The molecule has 2 rings (SSSR count). The fraction of sp³-hybridized carbons (Fsp3) is 0.615. The van der Waals surface area contributed by atoms with Crippen LogP contribution in [-0.2, 0) is 6.18 Å². The minimum absolute atomic E-state index is 0.0454. The molecule has 1 aromatic rings. The third kappa shape index (κ3) is 2.44. The van der Waals surface area contributed by atoms with Gasteiger partial charge < -0.3 is 4.74 Å². The maximum atomic E-state index is 12.5. The van der Waals surface area contributed by atoms with Gasteiger partial charge >= 0.3 is 6.18 Å². The highest BCUT2D eigenvalue weighted by atomic mass is 19.4. The van der Waals surface area contributed by atoms with Gasteiger partial charge in [-0.05, 0) is 12.5 Å². The summed E-state index contributed by atoms with van der Waals surface area (Å²) >= 11 is 0. The third-order valence-corrected chi connectivity index (χ3v) is 3.33. The van der Waals surface area contributed by atoms with Gasteiger partial charge in [-0.2, -0.15) is 13.2 Å². The summed E-state index contributed by atoms with van der Waals surface area (Å²) in [6, 6.07) is 2.52. The summed E-state index contributed by atoms with van der Waals surface area (Å²) < 4.78 is 43.2. The van der Waals surface area contributed by atoms with Crippen molar-refractivity contribution in [3.8, 4) is 5.88 Å². The van der Waals surface area contributed by atoms with Crippen LogP contribution in [0.4, 0.5) is 13.2 Å². The molecule has 2 heterocycles. The Morgan fingerprint density at radius 2 is 2.06 bits per heavy atom. The molecule has 0 bridgehead atoms. The quantitative estimate of drug-likeness (QED) is 0.813. The standard InChI is InChI=1S/C13H16F3NO/c1-3-4-5-10-8(2)9-6-7-11(13(14,15)16)17-12(9)18-10/h6-8,10H,3-5H2,1-2H3/t8-,10-/m0/s1. The highest BCUT2D eigenvalue weighted by Gasteiger charge is 2.37. The minimum atomic E-state index is -4.41. The summed E-state index contributed by atoms with van der Waals surface area (Å²) in [5.41, 5.74) is -0.103. The van der Waals surface area contributed by atoms with E-state index in [1.807, 2.05) is 6.92 Å². The molecule has 0 saturated carbocycles. The number of unbranched alkanes of at least 4 members (excludes halogenated alkanes) is 1. The first-order chi connectivity index (χ1) is 8.43. The summed E-state index contributed by atoms with van der Waals surface area (Å²) in [5, 5.41) is 0. The first-order valence-corrected chi connectivity index (χ1v) is 6.18. The molecule has 2 nitrogen and oxygen atoms in total. The van der Waals surface area contributed by atoms with Crippen LogP contribution in [0.2, 0.25) is 0 Å². The van der Waals surface area contributed by atoms with Gasteiger partial charge in [0, 0.05) is 11.5 Å². The van der Waals surface area contributed by atoms with Crippen molar-refractivity contribution >= 4 is 0 Å². The van der Waals surface area contributed by atoms with Crippen molar-refractivity contribution in [2.75, 3.05) is 0 Å². The number of ether oxygens (including phenoxy) is 1. The Morgan fingerprint density at radius 3 is 2.67 bits per heavy atom. The van der Waals surface area contributed by atoms with Crippen LogP contribution >= 0.6 is 0 Å². The Labute approximate surface area is 104 Å². The van der Waals surface area contributed by atoms with Crippen LogP contribution in [0.25, 0.3) is 0 Å².